The van der Waals surface area contributed by atoms with Gasteiger partial charge in [-0.1, -0.05) is 17.7 Å². The van der Waals surface area contributed by atoms with Crippen LogP contribution in [0, 0.1) is 13.8 Å². The van der Waals surface area contributed by atoms with Crippen LogP contribution >= 0.6 is 0 Å². The summed E-state index contributed by atoms with van der Waals surface area (Å²) < 4.78 is 1.89. The molecule has 0 saturated heterocycles. The maximum atomic E-state index is 12.1. The van der Waals surface area contributed by atoms with Gasteiger partial charge in [0.1, 0.15) is 0 Å². The van der Waals surface area contributed by atoms with E-state index in [0.29, 0.717) is 13.1 Å². The first-order valence-corrected chi connectivity index (χ1v) is 7.55. The highest BCUT2D eigenvalue weighted by Gasteiger charge is 2.09. The fourth-order valence-electron chi connectivity index (χ4n) is 2.42. The van der Waals surface area contributed by atoms with Crippen molar-refractivity contribution in [3.63, 3.8) is 0 Å². The van der Waals surface area contributed by atoms with Gasteiger partial charge in [0, 0.05) is 30.5 Å². The first-order chi connectivity index (χ1) is 10.5. The van der Waals surface area contributed by atoms with E-state index in [1.165, 1.54) is 5.56 Å². The van der Waals surface area contributed by atoms with Crippen molar-refractivity contribution in [2.45, 2.75) is 33.9 Å². The van der Waals surface area contributed by atoms with Crippen molar-refractivity contribution in [1.29, 1.82) is 0 Å². The number of nitrogens with one attached hydrogen (secondary N) is 1. The molecule has 0 unspecified atom stereocenters. The molecule has 0 aliphatic heterocycles. The van der Waals surface area contributed by atoms with Crippen molar-refractivity contribution >= 4 is 11.6 Å². The van der Waals surface area contributed by atoms with Crippen LogP contribution in [-0.4, -0.2) is 34.2 Å². The quantitative estimate of drug-likeness (QED) is 0.892. The van der Waals surface area contributed by atoms with Crippen LogP contribution in [0.1, 0.15) is 23.6 Å². The highest BCUT2D eigenvalue weighted by Crippen LogP contribution is 2.15. The summed E-state index contributed by atoms with van der Waals surface area (Å²) in [7, 11) is 1.94. The van der Waals surface area contributed by atoms with E-state index in [2.05, 4.69) is 23.4 Å². The van der Waals surface area contributed by atoms with Gasteiger partial charge in [0.25, 0.3) is 0 Å². The number of amides is 1. The highest BCUT2D eigenvalue weighted by molar-refractivity contribution is 5.92. The molecule has 1 amide bonds. The van der Waals surface area contributed by atoms with E-state index in [1.54, 1.807) is 0 Å². The van der Waals surface area contributed by atoms with Gasteiger partial charge < -0.3 is 5.32 Å². The standard InChI is InChI=1S/C17H24N4O/c1-5-21-11-15(9-18-21)10-20(4)12-17(22)19-16-7-6-13(2)8-14(16)3/h6-9,11H,5,10,12H2,1-4H3,(H,19,22). The molecule has 1 aromatic heterocycles. The average Bonchev–Trinajstić information content (AvgIpc) is 2.89. The topological polar surface area (TPSA) is 50.2 Å². The fourth-order valence-corrected chi connectivity index (χ4v) is 2.42. The van der Waals surface area contributed by atoms with Crippen LogP contribution in [0.25, 0.3) is 0 Å². The largest absolute Gasteiger partial charge is 0.325 e. The Balaban J connectivity index is 1.88. The van der Waals surface area contributed by atoms with Gasteiger partial charge >= 0.3 is 0 Å². The Morgan fingerprint density at radius 2 is 2.14 bits per heavy atom. The van der Waals surface area contributed by atoms with Crippen molar-refractivity contribution < 1.29 is 4.79 Å². The molecule has 5 heteroatoms. The Morgan fingerprint density at radius 1 is 1.36 bits per heavy atom. The zero-order valence-electron chi connectivity index (χ0n) is 13.8. The SMILES string of the molecule is CCn1cc(CN(C)CC(=O)Nc2ccc(C)cc2C)cn1. The van der Waals surface area contributed by atoms with Crippen molar-refractivity contribution in [1.82, 2.24) is 14.7 Å². The van der Waals surface area contributed by atoms with Crippen LogP contribution in [0.15, 0.2) is 30.6 Å². The van der Waals surface area contributed by atoms with E-state index >= 15 is 0 Å². The second-order valence-corrected chi connectivity index (χ2v) is 5.74. The lowest BCUT2D eigenvalue weighted by Gasteiger charge is -2.16. The second-order valence-electron chi connectivity index (χ2n) is 5.74. The first kappa shape index (κ1) is 16.2. The maximum absolute atomic E-state index is 12.1. The third kappa shape index (κ3) is 4.43. The molecule has 0 saturated carbocycles. The van der Waals surface area contributed by atoms with Crippen molar-refractivity contribution in [3.8, 4) is 0 Å². The lowest BCUT2D eigenvalue weighted by atomic mass is 10.1. The van der Waals surface area contributed by atoms with Crippen LogP contribution in [0.2, 0.25) is 0 Å². The number of carbonyl (C=O) groups is 1. The van der Waals surface area contributed by atoms with Crippen LogP contribution < -0.4 is 5.32 Å². The van der Waals surface area contributed by atoms with Gasteiger partial charge in [0.2, 0.25) is 5.91 Å². The molecule has 2 aromatic rings. The minimum atomic E-state index is -0.00247. The van der Waals surface area contributed by atoms with Crippen LogP contribution in [0.4, 0.5) is 5.69 Å². The molecule has 0 atom stereocenters. The number of anilines is 1. The van der Waals surface area contributed by atoms with Gasteiger partial charge in [0.15, 0.2) is 0 Å². The third-order valence-electron chi connectivity index (χ3n) is 3.53. The summed E-state index contributed by atoms with van der Waals surface area (Å²) in [6, 6.07) is 6.03. The second kappa shape index (κ2) is 7.22. The highest BCUT2D eigenvalue weighted by atomic mass is 16.2. The summed E-state index contributed by atoms with van der Waals surface area (Å²) in [6.07, 6.45) is 3.86. The molecule has 0 radical (unpaired) electrons. The molecular formula is C17H24N4O. The molecule has 5 nitrogen and oxygen atoms in total. The van der Waals surface area contributed by atoms with Gasteiger partial charge in [-0.2, -0.15) is 5.10 Å². The van der Waals surface area contributed by atoms with Gasteiger partial charge in [-0.25, -0.2) is 0 Å². The molecule has 118 valence electrons. The number of hydrogen-bond acceptors (Lipinski definition) is 3. The zero-order valence-corrected chi connectivity index (χ0v) is 13.8. The predicted molar refractivity (Wildman–Crippen MR) is 88.8 cm³/mol. The van der Waals surface area contributed by atoms with Crippen LogP contribution in [-0.2, 0) is 17.9 Å². The van der Waals surface area contributed by atoms with E-state index in [1.807, 2.05) is 55.0 Å². The summed E-state index contributed by atoms with van der Waals surface area (Å²) in [5, 5.41) is 7.21. The molecule has 0 bridgehead atoms. The Labute approximate surface area is 131 Å². The lowest BCUT2D eigenvalue weighted by Crippen LogP contribution is -2.29. The molecule has 0 fully saturated rings. The summed E-state index contributed by atoms with van der Waals surface area (Å²) in [6.45, 7) is 8.02. The first-order valence-electron chi connectivity index (χ1n) is 7.55. The van der Waals surface area contributed by atoms with E-state index in [4.69, 9.17) is 0 Å². The Morgan fingerprint density at radius 3 is 2.77 bits per heavy atom. The third-order valence-corrected chi connectivity index (χ3v) is 3.53. The lowest BCUT2D eigenvalue weighted by molar-refractivity contribution is -0.117. The minimum absolute atomic E-state index is 0.00247. The van der Waals surface area contributed by atoms with Crippen molar-refractivity contribution in [2.24, 2.45) is 0 Å². The molecule has 1 heterocycles. The Kier molecular flexibility index (Phi) is 5.33. The minimum Gasteiger partial charge on any atom is -0.325 e. The number of hydrogen-bond donors (Lipinski definition) is 1. The molecule has 0 aliphatic carbocycles. The summed E-state index contributed by atoms with van der Waals surface area (Å²) in [4.78, 5) is 14.1. The summed E-state index contributed by atoms with van der Waals surface area (Å²) >= 11 is 0. The van der Waals surface area contributed by atoms with E-state index in [0.717, 1.165) is 23.4 Å². The predicted octanol–water partition coefficient (Wildman–Crippen LogP) is 2.59. The molecule has 1 aromatic carbocycles. The number of aryl methyl sites for hydroxylation is 3. The summed E-state index contributed by atoms with van der Waals surface area (Å²) in [5.41, 5.74) is 4.27. The van der Waals surface area contributed by atoms with Gasteiger partial charge in [-0.05, 0) is 39.4 Å². The number of rotatable bonds is 6. The van der Waals surface area contributed by atoms with Gasteiger partial charge in [-0.15, -0.1) is 0 Å². The smallest absolute Gasteiger partial charge is 0.238 e. The number of aromatic nitrogens is 2. The van der Waals surface area contributed by atoms with Crippen LogP contribution in [0.5, 0.6) is 0 Å². The number of benzene rings is 1. The molecule has 0 aliphatic rings. The van der Waals surface area contributed by atoms with E-state index < -0.39 is 0 Å². The van der Waals surface area contributed by atoms with Gasteiger partial charge in [0.05, 0.1) is 12.7 Å². The zero-order chi connectivity index (χ0) is 16.1. The normalized spacial score (nSPS) is 11.0. The molecule has 0 spiro atoms. The Hall–Kier alpha value is -2.14. The van der Waals surface area contributed by atoms with E-state index in [9.17, 15) is 4.79 Å². The molecule has 2 rings (SSSR count). The number of nitrogens with zero attached hydrogens (tertiary/aromatic N) is 3. The maximum Gasteiger partial charge on any atom is 0.238 e. The fraction of sp³-hybridized carbons (Fsp3) is 0.412. The van der Waals surface area contributed by atoms with E-state index in [-0.39, 0.29) is 5.91 Å². The number of likely N-dealkylation sites (N-methyl/N-ethyl adjacent to an activating group) is 1. The monoisotopic (exact) mass is 300 g/mol. The molecule has 1 N–H and O–H groups in total. The number of carbonyl (C=O) groups excluding carboxylic acids is 1. The molecule has 22 heavy (non-hydrogen) atoms. The molecular weight excluding hydrogens is 276 g/mol. The average molecular weight is 300 g/mol. The van der Waals surface area contributed by atoms with Crippen molar-refractivity contribution in [2.75, 3.05) is 18.9 Å². The summed E-state index contributed by atoms with van der Waals surface area (Å²) in [5.74, 6) is -0.00247. The van der Waals surface area contributed by atoms with Crippen molar-refractivity contribution in [3.05, 3.63) is 47.3 Å². The van der Waals surface area contributed by atoms with Crippen LogP contribution in [0.3, 0.4) is 0 Å². The van der Waals surface area contributed by atoms with Gasteiger partial charge in [-0.3, -0.25) is 14.4 Å². The Bertz CT molecular complexity index is 648.